The lowest BCUT2D eigenvalue weighted by Gasteiger charge is -2.10. The highest BCUT2D eigenvalue weighted by atomic mass is 35.5. The highest BCUT2D eigenvalue weighted by Gasteiger charge is 2.38. The molecule has 1 saturated carbocycles. The first-order chi connectivity index (χ1) is 5.66. The van der Waals surface area contributed by atoms with Crippen LogP contribution in [-0.2, 0) is 4.79 Å². The minimum atomic E-state index is 0.137. The van der Waals surface area contributed by atoms with Gasteiger partial charge in [-0.2, -0.15) is 0 Å². The quantitative estimate of drug-likeness (QED) is 0.521. The third kappa shape index (κ3) is 3.44. The van der Waals surface area contributed by atoms with Crippen molar-refractivity contribution in [2.24, 2.45) is 0 Å². The molecule has 0 atom stereocenters. The van der Waals surface area contributed by atoms with E-state index in [-0.39, 0.29) is 11.4 Å². The summed E-state index contributed by atoms with van der Waals surface area (Å²) in [6.45, 7) is 2.09. The number of alkyl halides is 1. The molecule has 0 aromatic carbocycles. The molecule has 0 aliphatic heterocycles. The molecule has 0 unspecified atom stereocenters. The third-order valence-corrected chi connectivity index (χ3v) is 2.50. The van der Waals surface area contributed by atoms with Crippen molar-refractivity contribution in [3.63, 3.8) is 0 Å². The van der Waals surface area contributed by atoms with Gasteiger partial charge in [0, 0.05) is 17.8 Å². The first-order valence-corrected chi connectivity index (χ1v) is 5.07. The second kappa shape index (κ2) is 4.13. The van der Waals surface area contributed by atoms with E-state index in [1.807, 2.05) is 0 Å². The molecule has 3 heteroatoms. The summed E-state index contributed by atoms with van der Waals surface area (Å²) < 4.78 is 0. The largest absolute Gasteiger partial charge is 0.351 e. The SMILES string of the molecule is CC1(NC(=O)CCCCCl)CC1. The molecule has 0 aromatic heterocycles. The van der Waals surface area contributed by atoms with E-state index in [4.69, 9.17) is 11.6 Å². The van der Waals surface area contributed by atoms with E-state index in [1.54, 1.807) is 0 Å². The van der Waals surface area contributed by atoms with Crippen molar-refractivity contribution in [2.45, 2.75) is 44.6 Å². The van der Waals surface area contributed by atoms with Crippen molar-refractivity contribution >= 4 is 17.5 Å². The minimum absolute atomic E-state index is 0.137. The highest BCUT2D eigenvalue weighted by Crippen LogP contribution is 2.34. The standard InChI is InChI=1S/C9H16ClNO/c1-9(5-6-9)11-8(12)4-2-3-7-10/h2-7H2,1H3,(H,11,12). The number of rotatable bonds is 5. The number of halogens is 1. The zero-order valence-electron chi connectivity index (χ0n) is 7.53. The maximum absolute atomic E-state index is 11.2. The molecular weight excluding hydrogens is 174 g/mol. The van der Waals surface area contributed by atoms with Gasteiger partial charge in [-0.3, -0.25) is 4.79 Å². The molecule has 70 valence electrons. The Hall–Kier alpha value is -0.240. The Bertz CT molecular complexity index is 166. The van der Waals surface area contributed by atoms with Crippen LogP contribution in [0.2, 0.25) is 0 Å². The number of carbonyl (C=O) groups is 1. The van der Waals surface area contributed by atoms with E-state index in [0.717, 1.165) is 25.7 Å². The molecule has 12 heavy (non-hydrogen) atoms. The van der Waals surface area contributed by atoms with Gasteiger partial charge in [0.05, 0.1) is 0 Å². The lowest BCUT2D eigenvalue weighted by Crippen LogP contribution is -2.33. The van der Waals surface area contributed by atoms with Crippen LogP contribution in [0.5, 0.6) is 0 Å². The fourth-order valence-corrected chi connectivity index (χ4v) is 1.28. The van der Waals surface area contributed by atoms with E-state index in [2.05, 4.69) is 12.2 Å². The van der Waals surface area contributed by atoms with Gasteiger partial charge in [-0.1, -0.05) is 0 Å². The van der Waals surface area contributed by atoms with Crippen LogP contribution in [-0.4, -0.2) is 17.3 Å². The van der Waals surface area contributed by atoms with E-state index in [9.17, 15) is 4.79 Å². The summed E-state index contributed by atoms with van der Waals surface area (Å²) >= 11 is 5.50. The van der Waals surface area contributed by atoms with Crippen LogP contribution in [0.25, 0.3) is 0 Å². The van der Waals surface area contributed by atoms with Crippen molar-refractivity contribution in [3.8, 4) is 0 Å². The predicted octanol–water partition coefficient (Wildman–Crippen LogP) is 2.06. The number of carbonyl (C=O) groups excluding carboxylic acids is 1. The van der Waals surface area contributed by atoms with Crippen molar-refractivity contribution in [2.75, 3.05) is 5.88 Å². The first kappa shape index (κ1) is 9.85. The molecule has 0 saturated heterocycles. The Kier molecular flexibility index (Phi) is 3.39. The fraction of sp³-hybridized carbons (Fsp3) is 0.889. The summed E-state index contributed by atoms with van der Waals surface area (Å²) in [5.41, 5.74) is 0.137. The Balaban J connectivity index is 2.04. The second-order valence-electron chi connectivity index (χ2n) is 3.75. The van der Waals surface area contributed by atoms with E-state index in [0.29, 0.717) is 12.3 Å². The number of hydrogen-bond acceptors (Lipinski definition) is 1. The number of amides is 1. The summed E-state index contributed by atoms with van der Waals surface area (Å²) in [5, 5.41) is 3.01. The summed E-state index contributed by atoms with van der Waals surface area (Å²) in [6, 6.07) is 0. The molecule has 1 rings (SSSR count). The van der Waals surface area contributed by atoms with E-state index >= 15 is 0 Å². The van der Waals surface area contributed by atoms with E-state index in [1.165, 1.54) is 0 Å². The molecule has 1 aliphatic carbocycles. The molecule has 0 bridgehead atoms. The Morgan fingerprint density at radius 2 is 2.17 bits per heavy atom. The van der Waals surface area contributed by atoms with Gasteiger partial charge in [-0.25, -0.2) is 0 Å². The maximum atomic E-state index is 11.2. The Morgan fingerprint density at radius 3 is 2.67 bits per heavy atom. The summed E-state index contributed by atoms with van der Waals surface area (Å²) in [6.07, 6.45) is 4.74. The molecule has 0 heterocycles. The van der Waals surface area contributed by atoms with Gasteiger partial charge >= 0.3 is 0 Å². The van der Waals surface area contributed by atoms with Gasteiger partial charge in [0.2, 0.25) is 5.91 Å². The lowest BCUT2D eigenvalue weighted by atomic mass is 10.2. The molecule has 1 aliphatic rings. The topological polar surface area (TPSA) is 29.1 Å². The fourth-order valence-electron chi connectivity index (χ4n) is 1.09. The van der Waals surface area contributed by atoms with Gasteiger partial charge in [0.1, 0.15) is 0 Å². The average Bonchev–Trinajstić information content (AvgIpc) is 2.68. The van der Waals surface area contributed by atoms with Gasteiger partial charge in [0.25, 0.3) is 0 Å². The Labute approximate surface area is 78.7 Å². The predicted molar refractivity (Wildman–Crippen MR) is 50.4 cm³/mol. The normalized spacial score (nSPS) is 18.8. The summed E-state index contributed by atoms with van der Waals surface area (Å²) in [4.78, 5) is 11.2. The first-order valence-electron chi connectivity index (χ1n) is 4.53. The smallest absolute Gasteiger partial charge is 0.220 e. The monoisotopic (exact) mass is 189 g/mol. The summed E-state index contributed by atoms with van der Waals surface area (Å²) in [5.74, 6) is 0.838. The van der Waals surface area contributed by atoms with Crippen LogP contribution in [0.3, 0.4) is 0 Å². The zero-order valence-corrected chi connectivity index (χ0v) is 8.28. The van der Waals surface area contributed by atoms with Crippen LogP contribution in [0.15, 0.2) is 0 Å². The molecule has 0 spiro atoms. The number of nitrogens with one attached hydrogen (secondary N) is 1. The van der Waals surface area contributed by atoms with Crippen molar-refractivity contribution < 1.29 is 4.79 Å². The van der Waals surface area contributed by atoms with Crippen LogP contribution < -0.4 is 5.32 Å². The zero-order chi connectivity index (χ0) is 9.03. The van der Waals surface area contributed by atoms with Crippen LogP contribution in [0, 0.1) is 0 Å². The molecule has 0 aromatic rings. The third-order valence-electron chi connectivity index (χ3n) is 2.23. The van der Waals surface area contributed by atoms with Gasteiger partial charge < -0.3 is 5.32 Å². The van der Waals surface area contributed by atoms with Crippen molar-refractivity contribution in [3.05, 3.63) is 0 Å². The van der Waals surface area contributed by atoms with Crippen molar-refractivity contribution in [1.82, 2.24) is 5.32 Å². The van der Waals surface area contributed by atoms with Gasteiger partial charge in [-0.05, 0) is 32.6 Å². The van der Waals surface area contributed by atoms with Crippen LogP contribution in [0.4, 0.5) is 0 Å². The molecule has 1 amide bonds. The molecule has 0 radical (unpaired) electrons. The van der Waals surface area contributed by atoms with E-state index < -0.39 is 0 Å². The summed E-state index contributed by atoms with van der Waals surface area (Å²) in [7, 11) is 0. The van der Waals surface area contributed by atoms with Gasteiger partial charge in [-0.15, -0.1) is 11.6 Å². The van der Waals surface area contributed by atoms with Crippen LogP contribution >= 0.6 is 11.6 Å². The van der Waals surface area contributed by atoms with Crippen LogP contribution in [0.1, 0.15) is 39.0 Å². The van der Waals surface area contributed by atoms with Gasteiger partial charge in [0.15, 0.2) is 0 Å². The molecular formula is C9H16ClNO. The number of hydrogen-bond donors (Lipinski definition) is 1. The molecule has 1 fully saturated rings. The second-order valence-corrected chi connectivity index (χ2v) is 4.13. The molecule has 2 nitrogen and oxygen atoms in total. The highest BCUT2D eigenvalue weighted by molar-refractivity contribution is 6.17. The maximum Gasteiger partial charge on any atom is 0.220 e. The van der Waals surface area contributed by atoms with Crippen molar-refractivity contribution in [1.29, 1.82) is 0 Å². The number of unbranched alkanes of at least 4 members (excludes halogenated alkanes) is 1. The lowest BCUT2D eigenvalue weighted by molar-refractivity contribution is -0.122. The average molecular weight is 190 g/mol. The molecule has 1 N–H and O–H groups in total. The Morgan fingerprint density at radius 1 is 1.50 bits per heavy atom. The minimum Gasteiger partial charge on any atom is -0.351 e.